The van der Waals surface area contributed by atoms with Gasteiger partial charge in [-0.05, 0) is 168 Å². The summed E-state index contributed by atoms with van der Waals surface area (Å²) in [4.78, 5) is 91.4. The quantitative estimate of drug-likeness (QED) is 0.0411. The van der Waals surface area contributed by atoms with E-state index in [1.807, 2.05) is 83.1 Å². The molecule has 1 atom stereocenters. The Morgan fingerprint density at radius 3 is 1.23 bits per heavy atom. The molecule has 0 bridgehead atoms. The number of aromatic nitrogens is 3. The number of ether oxygens (including phenoxy) is 7. The molecule has 0 unspecified atom stereocenters. The van der Waals surface area contributed by atoms with Crippen molar-refractivity contribution in [2.45, 2.75) is 150 Å². The summed E-state index contributed by atoms with van der Waals surface area (Å²) in [5.74, 6) is 3.90. The number of carbonyl (C=O) groups excluding carboxylic acids is 6. The van der Waals surface area contributed by atoms with Crippen molar-refractivity contribution in [1.82, 2.24) is 29.1 Å². The van der Waals surface area contributed by atoms with Crippen molar-refractivity contribution >= 4 is 64.6 Å². The first-order chi connectivity index (χ1) is 53.3. The summed E-state index contributed by atoms with van der Waals surface area (Å²) in [5.41, 5.74) is 2.68. The number of likely N-dealkylation sites (tertiary alicyclic amines) is 2. The summed E-state index contributed by atoms with van der Waals surface area (Å²) in [5, 5.41) is 0. The molecule has 3 fully saturated rings. The Morgan fingerprint density at radius 2 is 0.814 bits per heavy atom. The van der Waals surface area contributed by atoms with Gasteiger partial charge in [-0.2, -0.15) is 0 Å². The van der Waals surface area contributed by atoms with Gasteiger partial charge in [-0.25, -0.2) is 44.5 Å². The lowest BCUT2D eigenvalue weighted by Crippen LogP contribution is -2.42. The highest BCUT2D eigenvalue weighted by Gasteiger charge is 2.29. The SMILES string of the molecule is CC(C)C(=O)c1cc(Oc2ccc(S(C)(=O)=O)cc2)cc(C(=O)N2CCCC2)c1.CC(C)C(=O)c1cc(Oc2ccc(S(C)(=O)=O)cc2)cc(Oc2ccccn2)c1.CC(C)Oc1cc(OC2CCN(S(C)(=O)=O)CC2)cc(C(=O)C(C)C)c1.CC[C@H](C)Oc1cc(Oc2cnc(C(=O)N3CCC3)cn2)cc(C(=O)C(C)C)c1. The first-order valence-electron chi connectivity index (χ1n) is 37.7. The maximum atomic E-state index is 12.8. The number of sulfonamides is 1. The molecule has 11 rings (SSSR count). The molecule has 3 aliphatic rings. The molecular weight excluding hydrogens is 1510 g/mol. The van der Waals surface area contributed by atoms with Crippen molar-refractivity contribution in [3.8, 4) is 63.5 Å². The highest BCUT2D eigenvalue weighted by Crippen LogP contribution is 2.35. The number of carbonyl (C=O) groups is 6. The number of sulfone groups is 2. The van der Waals surface area contributed by atoms with E-state index < -0.39 is 29.7 Å². The maximum absolute atomic E-state index is 12.8. The van der Waals surface area contributed by atoms with E-state index >= 15 is 0 Å². The van der Waals surface area contributed by atoms with Crippen LogP contribution in [-0.2, 0) is 29.7 Å². The third-order valence-corrected chi connectivity index (χ3v) is 21.5. The van der Waals surface area contributed by atoms with Gasteiger partial charge in [0.1, 0.15) is 63.5 Å². The van der Waals surface area contributed by atoms with Crippen LogP contribution in [0.1, 0.15) is 184 Å². The average molecular weight is 1610 g/mol. The van der Waals surface area contributed by atoms with Crippen LogP contribution in [0.25, 0.3) is 0 Å². The lowest BCUT2D eigenvalue weighted by Gasteiger charge is -2.30. The Kier molecular flexibility index (Phi) is 31.1. The van der Waals surface area contributed by atoms with Crippen LogP contribution >= 0.6 is 0 Å². The van der Waals surface area contributed by atoms with E-state index in [1.165, 1.54) is 47.2 Å². The van der Waals surface area contributed by atoms with Crippen molar-refractivity contribution < 1.29 is 87.2 Å². The van der Waals surface area contributed by atoms with Crippen molar-refractivity contribution in [3.05, 3.63) is 192 Å². The lowest BCUT2D eigenvalue weighted by molar-refractivity contribution is 0.0644. The van der Waals surface area contributed by atoms with Crippen LogP contribution in [0.2, 0.25) is 0 Å². The summed E-state index contributed by atoms with van der Waals surface area (Å²) in [6, 6.07) is 37.6. The number of nitrogens with zero attached hydrogens (tertiary/aromatic N) is 6. The first-order valence-corrected chi connectivity index (χ1v) is 43.3. The average Bonchev–Trinajstić information content (AvgIpc) is 1.76. The number of ketones is 4. The van der Waals surface area contributed by atoms with Crippen molar-refractivity contribution in [2.75, 3.05) is 58.0 Å². The first kappa shape index (κ1) is 88.1. The Labute approximate surface area is 663 Å². The second kappa shape index (κ2) is 39.9. The van der Waals surface area contributed by atoms with Gasteiger partial charge in [-0.15, -0.1) is 0 Å². The minimum absolute atomic E-state index is 0.00558. The van der Waals surface area contributed by atoms with E-state index in [4.69, 9.17) is 33.2 Å². The van der Waals surface area contributed by atoms with E-state index in [2.05, 4.69) is 15.0 Å². The predicted octanol–water partition coefficient (Wildman–Crippen LogP) is 16.1. The van der Waals surface area contributed by atoms with E-state index in [0.29, 0.717) is 130 Å². The van der Waals surface area contributed by atoms with Crippen LogP contribution in [0, 0.1) is 23.7 Å². The molecule has 3 saturated heterocycles. The molecule has 113 heavy (non-hydrogen) atoms. The second-order valence-corrected chi connectivity index (χ2v) is 35.3. The Balaban J connectivity index is 0.000000189. The van der Waals surface area contributed by atoms with Crippen LogP contribution < -0.4 is 33.2 Å². The van der Waals surface area contributed by atoms with Crippen LogP contribution in [0.4, 0.5) is 0 Å². The zero-order valence-electron chi connectivity index (χ0n) is 66.7. The van der Waals surface area contributed by atoms with Gasteiger partial charge in [0, 0.05) is 134 Å². The molecule has 6 aromatic carbocycles. The van der Waals surface area contributed by atoms with Crippen LogP contribution in [-0.4, -0.2) is 166 Å². The topological polar surface area (TPSA) is 318 Å². The number of rotatable bonds is 28. The fourth-order valence-corrected chi connectivity index (χ4v) is 13.7. The summed E-state index contributed by atoms with van der Waals surface area (Å²) < 4.78 is 112. The van der Waals surface area contributed by atoms with Gasteiger partial charge in [-0.3, -0.25) is 28.8 Å². The number of benzene rings is 6. The van der Waals surface area contributed by atoms with Crippen LogP contribution in [0.5, 0.6) is 63.5 Å². The smallest absolute Gasteiger partial charge is 0.274 e. The minimum atomic E-state index is -3.30. The molecule has 2 aromatic heterocycles. The van der Waals surface area contributed by atoms with Crippen molar-refractivity contribution in [2.24, 2.45) is 23.7 Å². The van der Waals surface area contributed by atoms with Crippen molar-refractivity contribution in [1.29, 1.82) is 0 Å². The Bertz CT molecular complexity index is 4980. The second-order valence-electron chi connectivity index (χ2n) is 29.3. The van der Waals surface area contributed by atoms with Gasteiger partial charge in [0.15, 0.2) is 42.8 Å². The molecule has 28 heteroatoms. The van der Waals surface area contributed by atoms with Crippen LogP contribution in [0.15, 0.2) is 168 Å². The number of pyridine rings is 1. The number of Topliss-reactive ketones (excluding diaryl/α,β-unsaturated/α-hetero) is 4. The van der Waals surface area contributed by atoms with Crippen molar-refractivity contribution in [3.63, 3.8) is 0 Å². The molecule has 0 spiro atoms. The summed E-state index contributed by atoms with van der Waals surface area (Å²) in [6.07, 6.45) is 12.9. The Morgan fingerprint density at radius 1 is 0.407 bits per heavy atom. The number of hydrogen-bond acceptors (Lipinski definition) is 22. The number of piperidine rings is 1. The van der Waals surface area contributed by atoms with E-state index in [0.717, 1.165) is 51.3 Å². The standard InChI is InChI=1S/C22H27N3O4.C22H25NO5S.C22H21NO5S.C19H29NO5S/c1-5-15(4)28-17-9-16(21(26)14(2)3)10-18(11-17)29-20-13-23-19(12-24-20)22(27)25-7-6-8-25;1-15(2)21(24)16-12-17(22(25)23-10-4-5-11-23)14-19(13-16)28-18-6-8-20(9-7-18)29(3,26)27;1-15(2)22(24)16-12-18(14-19(13-16)28-21-6-4-5-11-23-21)27-17-7-9-20(10-8-17)29(3,25)26;1-13(2)19(21)15-10-17(24-14(3)4)12-18(11-15)25-16-6-8-20(9-7-16)26(5,22)23/h9-15H,5-8H2,1-4H3;6-9,12-15H,4-5,10-11H2,1-3H3;4-15H,1-3H3;10-14,16H,6-9H2,1-5H3/t15-;;;/m0.../s1. The fraction of sp³-hybridized carbons (Fsp3) is 0.400. The van der Waals surface area contributed by atoms with Gasteiger partial charge in [0.2, 0.25) is 21.8 Å². The summed E-state index contributed by atoms with van der Waals surface area (Å²) in [7, 11) is -9.74. The van der Waals surface area contributed by atoms with Gasteiger partial charge in [-0.1, -0.05) is 68.4 Å². The molecular formula is C85H102N6O19S3. The molecule has 0 radical (unpaired) electrons. The summed E-state index contributed by atoms with van der Waals surface area (Å²) in [6.45, 7) is 26.4. The fourth-order valence-electron chi connectivity index (χ4n) is 11.5. The van der Waals surface area contributed by atoms with Gasteiger partial charge < -0.3 is 43.0 Å². The van der Waals surface area contributed by atoms with Crippen LogP contribution in [0.3, 0.4) is 0 Å². The van der Waals surface area contributed by atoms with E-state index in [1.54, 1.807) is 131 Å². The molecule has 2 amide bonds. The van der Waals surface area contributed by atoms with E-state index in [-0.39, 0.29) is 92.6 Å². The molecule has 0 aliphatic carbocycles. The highest BCUT2D eigenvalue weighted by molar-refractivity contribution is 7.91. The number of amides is 2. The molecule has 604 valence electrons. The zero-order valence-corrected chi connectivity index (χ0v) is 69.2. The minimum Gasteiger partial charge on any atom is -0.491 e. The third kappa shape index (κ3) is 26.6. The van der Waals surface area contributed by atoms with Gasteiger partial charge in [0.25, 0.3) is 11.8 Å². The highest BCUT2D eigenvalue weighted by atomic mass is 32.2. The lowest BCUT2D eigenvalue weighted by atomic mass is 9.98. The monoisotopic (exact) mass is 1610 g/mol. The zero-order chi connectivity index (χ0) is 82.6. The number of hydrogen-bond donors (Lipinski definition) is 0. The molecule has 25 nitrogen and oxygen atoms in total. The molecule has 8 aromatic rings. The van der Waals surface area contributed by atoms with E-state index in [9.17, 15) is 54.0 Å². The predicted molar refractivity (Wildman–Crippen MR) is 430 cm³/mol. The van der Waals surface area contributed by atoms with Gasteiger partial charge in [0.05, 0.1) is 40.6 Å². The molecule has 0 saturated carbocycles. The summed E-state index contributed by atoms with van der Waals surface area (Å²) >= 11 is 0. The molecule has 3 aliphatic heterocycles. The van der Waals surface area contributed by atoms with Gasteiger partial charge >= 0.3 is 0 Å². The molecule has 0 N–H and O–H groups in total. The maximum Gasteiger partial charge on any atom is 0.274 e. The molecule has 5 heterocycles. The largest absolute Gasteiger partial charge is 0.491 e. The normalized spacial score (nSPS) is 14.1. The Hall–Kier alpha value is -10.4. The third-order valence-electron chi connectivity index (χ3n) is 17.9.